The van der Waals surface area contributed by atoms with Gasteiger partial charge in [0.25, 0.3) is 0 Å². The van der Waals surface area contributed by atoms with Gasteiger partial charge in [0.2, 0.25) is 5.95 Å². The van der Waals surface area contributed by atoms with E-state index >= 15 is 0 Å². The molecule has 0 radical (unpaired) electrons. The summed E-state index contributed by atoms with van der Waals surface area (Å²) in [6.07, 6.45) is 7.14. The summed E-state index contributed by atoms with van der Waals surface area (Å²) in [4.78, 5) is 24.1. The van der Waals surface area contributed by atoms with E-state index in [4.69, 9.17) is 0 Å². The first-order valence-electron chi connectivity index (χ1n) is 10.5. The monoisotopic (exact) mass is 380 g/mol. The van der Waals surface area contributed by atoms with Crippen LogP contribution in [0.2, 0.25) is 0 Å². The number of hydrogen-bond donors (Lipinski definition) is 1. The first-order chi connectivity index (χ1) is 13.7. The molecule has 28 heavy (non-hydrogen) atoms. The summed E-state index contributed by atoms with van der Waals surface area (Å²) in [6.45, 7) is 7.74. The van der Waals surface area contributed by atoms with Gasteiger partial charge in [-0.05, 0) is 56.3 Å². The van der Waals surface area contributed by atoms with Crippen LogP contribution in [0.4, 0.5) is 5.95 Å². The zero-order valence-electron chi connectivity index (χ0n) is 17.1. The molecule has 1 aliphatic heterocycles. The van der Waals surface area contributed by atoms with Crippen molar-refractivity contribution in [3.05, 3.63) is 53.9 Å². The van der Waals surface area contributed by atoms with Crippen LogP contribution in [0.15, 0.2) is 42.7 Å². The van der Waals surface area contributed by atoms with E-state index in [0.29, 0.717) is 18.1 Å². The van der Waals surface area contributed by atoms with Crippen LogP contribution in [-0.2, 0) is 4.79 Å². The number of ketones is 1. The number of hydrogen-bond acceptors (Lipinski definition) is 5. The summed E-state index contributed by atoms with van der Waals surface area (Å²) in [7, 11) is 0. The van der Waals surface area contributed by atoms with Crippen molar-refractivity contribution in [3.8, 4) is 0 Å². The van der Waals surface area contributed by atoms with Gasteiger partial charge >= 0.3 is 0 Å². The SMILES string of the molecule is CCNCCC(CC(=O)C1CCN(c2ncc(C)cn2)CC1)c1ccccc1. The maximum absolute atomic E-state index is 13.0. The summed E-state index contributed by atoms with van der Waals surface area (Å²) >= 11 is 0. The van der Waals surface area contributed by atoms with Crippen LogP contribution in [0.3, 0.4) is 0 Å². The molecular formula is C23H32N4O. The molecule has 1 fully saturated rings. The van der Waals surface area contributed by atoms with E-state index in [-0.39, 0.29) is 5.92 Å². The smallest absolute Gasteiger partial charge is 0.225 e. The highest BCUT2D eigenvalue weighted by molar-refractivity contribution is 5.82. The summed E-state index contributed by atoms with van der Waals surface area (Å²) in [5, 5.41) is 3.40. The van der Waals surface area contributed by atoms with E-state index in [1.807, 2.05) is 25.4 Å². The van der Waals surface area contributed by atoms with Crippen LogP contribution in [0.25, 0.3) is 0 Å². The van der Waals surface area contributed by atoms with Gasteiger partial charge in [-0.15, -0.1) is 0 Å². The number of nitrogens with zero attached hydrogens (tertiary/aromatic N) is 3. The topological polar surface area (TPSA) is 58.1 Å². The van der Waals surface area contributed by atoms with Gasteiger partial charge in [-0.3, -0.25) is 4.79 Å². The lowest BCUT2D eigenvalue weighted by molar-refractivity contribution is -0.123. The number of Topliss-reactive ketones (excluding diaryl/α,β-unsaturated/α-hetero) is 1. The molecule has 0 saturated carbocycles. The van der Waals surface area contributed by atoms with Gasteiger partial charge in [-0.25, -0.2) is 9.97 Å². The van der Waals surface area contributed by atoms with E-state index in [2.05, 4.69) is 51.4 Å². The maximum Gasteiger partial charge on any atom is 0.225 e. The molecule has 1 aromatic carbocycles. The van der Waals surface area contributed by atoms with Crippen molar-refractivity contribution in [2.45, 2.75) is 45.4 Å². The number of carbonyl (C=O) groups excluding carboxylic acids is 1. The largest absolute Gasteiger partial charge is 0.341 e. The fraction of sp³-hybridized carbons (Fsp3) is 0.522. The number of aromatic nitrogens is 2. The van der Waals surface area contributed by atoms with Crippen LogP contribution in [0.5, 0.6) is 0 Å². The van der Waals surface area contributed by atoms with E-state index in [9.17, 15) is 4.79 Å². The molecule has 0 aliphatic carbocycles. The molecule has 5 heteroatoms. The van der Waals surface area contributed by atoms with Crippen molar-refractivity contribution in [1.82, 2.24) is 15.3 Å². The minimum absolute atomic E-state index is 0.159. The second-order valence-electron chi connectivity index (χ2n) is 7.74. The summed E-state index contributed by atoms with van der Waals surface area (Å²) in [5.41, 5.74) is 2.34. The molecule has 1 aliphatic rings. The molecule has 2 aromatic rings. The van der Waals surface area contributed by atoms with Gasteiger partial charge in [0.15, 0.2) is 0 Å². The van der Waals surface area contributed by atoms with Crippen LogP contribution in [-0.4, -0.2) is 41.9 Å². The Morgan fingerprint density at radius 1 is 1.18 bits per heavy atom. The normalized spacial score (nSPS) is 16.1. The standard InChI is InChI=1S/C23H32N4O/c1-3-24-12-9-21(19-7-5-4-6-8-19)15-22(28)20-10-13-27(14-11-20)23-25-16-18(2)17-26-23/h4-8,16-17,20-21,24H,3,9-15H2,1-2H3. The Hall–Kier alpha value is -2.27. The highest BCUT2D eigenvalue weighted by Crippen LogP contribution is 2.28. The van der Waals surface area contributed by atoms with Crippen molar-refractivity contribution < 1.29 is 4.79 Å². The molecule has 150 valence electrons. The van der Waals surface area contributed by atoms with E-state index in [1.165, 1.54) is 5.56 Å². The summed E-state index contributed by atoms with van der Waals surface area (Å²) in [5.74, 6) is 1.65. The molecule has 2 heterocycles. The maximum atomic E-state index is 13.0. The van der Waals surface area contributed by atoms with Crippen molar-refractivity contribution in [2.75, 3.05) is 31.1 Å². The van der Waals surface area contributed by atoms with Crippen molar-refractivity contribution >= 4 is 11.7 Å². The Morgan fingerprint density at radius 3 is 2.50 bits per heavy atom. The Labute approximate surface area is 168 Å². The molecule has 1 atom stereocenters. The quantitative estimate of drug-likeness (QED) is 0.672. The van der Waals surface area contributed by atoms with Crippen molar-refractivity contribution in [1.29, 1.82) is 0 Å². The fourth-order valence-corrected chi connectivity index (χ4v) is 3.92. The molecule has 1 unspecified atom stereocenters. The first kappa shape index (κ1) is 20.5. The second kappa shape index (κ2) is 10.3. The lowest BCUT2D eigenvalue weighted by atomic mass is 9.84. The number of aryl methyl sites for hydroxylation is 1. The third-order valence-electron chi connectivity index (χ3n) is 5.64. The van der Waals surface area contributed by atoms with Crippen LogP contribution in [0, 0.1) is 12.8 Å². The van der Waals surface area contributed by atoms with Gasteiger partial charge in [-0.1, -0.05) is 37.3 Å². The Morgan fingerprint density at radius 2 is 1.86 bits per heavy atom. The highest BCUT2D eigenvalue weighted by Gasteiger charge is 2.28. The summed E-state index contributed by atoms with van der Waals surface area (Å²) in [6, 6.07) is 10.5. The van der Waals surface area contributed by atoms with Crippen LogP contribution < -0.4 is 10.2 Å². The molecule has 1 N–H and O–H groups in total. The Balaban J connectivity index is 1.56. The van der Waals surface area contributed by atoms with Crippen molar-refractivity contribution in [3.63, 3.8) is 0 Å². The zero-order valence-corrected chi connectivity index (χ0v) is 17.1. The third kappa shape index (κ3) is 5.61. The Bertz CT molecular complexity index is 724. The molecule has 5 nitrogen and oxygen atoms in total. The number of carbonyl (C=O) groups is 1. The molecule has 0 bridgehead atoms. The van der Waals surface area contributed by atoms with E-state index in [0.717, 1.165) is 57.0 Å². The Kier molecular flexibility index (Phi) is 7.54. The predicted molar refractivity (Wildman–Crippen MR) is 114 cm³/mol. The average molecular weight is 381 g/mol. The van der Waals surface area contributed by atoms with E-state index in [1.54, 1.807) is 0 Å². The molecule has 3 rings (SSSR count). The first-order valence-corrected chi connectivity index (χ1v) is 10.5. The number of benzene rings is 1. The van der Waals surface area contributed by atoms with Gasteiger partial charge in [-0.2, -0.15) is 0 Å². The molecular weight excluding hydrogens is 348 g/mol. The van der Waals surface area contributed by atoms with Gasteiger partial charge in [0, 0.05) is 37.8 Å². The lowest BCUT2D eigenvalue weighted by Gasteiger charge is -2.32. The van der Waals surface area contributed by atoms with Crippen LogP contribution in [0.1, 0.15) is 49.7 Å². The lowest BCUT2D eigenvalue weighted by Crippen LogP contribution is -2.37. The average Bonchev–Trinajstić information content (AvgIpc) is 2.74. The van der Waals surface area contributed by atoms with E-state index < -0.39 is 0 Å². The zero-order chi connectivity index (χ0) is 19.8. The highest BCUT2D eigenvalue weighted by atomic mass is 16.1. The number of rotatable bonds is 9. The van der Waals surface area contributed by atoms with Gasteiger partial charge < -0.3 is 10.2 Å². The van der Waals surface area contributed by atoms with Crippen molar-refractivity contribution in [2.24, 2.45) is 5.92 Å². The number of nitrogens with one attached hydrogen (secondary N) is 1. The molecule has 1 aromatic heterocycles. The summed E-state index contributed by atoms with van der Waals surface area (Å²) < 4.78 is 0. The van der Waals surface area contributed by atoms with Gasteiger partial charge in [0.05, 0.1) is 0 Å². The minimum atomic E-state index is 0.159. The number of anilines is 1. The fourth-order valence-electron chi connectivity index (χ4n) is 3.92. The minimum Gasteiger partial charge on any atom is -0.341 e. The molecule has 0 spiro atoms. The van der Waals surface area contributed by atoms with Gasteiger partial charge in [0.1, 0.15) is 5.78 Å². The molecule has 1 saturated heterocycles. The number of piperidine rings is 1. The van der Waals surface area contributed by atoms with Crippen LogP contribution >= 0.6 is 0 Å². The third-order valence-corrected chi connectivity index (χ3v) is 5.64. The molecule has 0 amide bonds. The second-order valence-corrected chi connectivity index (χ2v) is 7.74. The predicted octanol–water partition coefficient (Wildman–Crippen LogP) is 3.74.